The molecule has 3 aromatic carbocycles. The van der Waals surface area contributed by atoms with Gasteiger partial charge in [0, 0.05) is 11.1 Å². The Hall–Kier alpha value is -3.61. The molecule has 0 atom stereocenters. The van der Waals surface area contributed by atoms with Crippen molar-refractivity contribution in [3.63, 3.8) is 0 Å². The number of aryl methyl sites for hydroxylation is 1. The van der Waals surface area contributed by atoms with Crippen LogP contribution in [0, 0.1) is 0 Å². The predicted molar refractivity (Wildman–Crippen MR) is 148 cm³/mol. The number of carbonyl (C=O) groups is 2. The molecule has 4 aromatic rings. The van der Waals surface area contributed by atoms with Crippen molar-refractivity contribution in [1.29, 1.82) is 0 Å². The molecule has 5 rings (SSSR count). The molecule has 1 heterocycles. The number of rotatable bonds is 8. The number of nitrogens with one attached hydrogen (secondary N) is 1. The van der Waals surface area contributed by atoms with Crippen LogP contribution in [0.5, 0.6) is 5.75 Å². The number of hydrogen-bond donors (Lipinski definition) is 2. The van der Waals surface area contributed by atoms with Gasteiger partial charge in [-0.25, -0.2) is 4.79 Å². The average molecular weight is 532 g/mol. The van der Waals surface area contributed by atoms with E-state index in [4.69, 9.17) is 16.3 Å². The van der Waals surface area contributed by atoms with Crippen LogP contribution in [-0.2, 0) is 30.7 Å². The van der Waals surface area contributed by atoms with Crippen LogP contribution in [0.15, 0.2) is 72.8 Å². The van der Waals surface area contributed by atoms with Gasteiger partial charge in [0.05, 0.1) is 6.42 Å². The Balaban J connectivity index is 1.54. The maximum Gasteiger partial charge on any atom is 0.339 e. The van der Waals surface area contributed by atoms with Crippen LogP contribution in [-0.4, -0.2) is 17.0 Å². The Morgan fingerprint density at radius 2 is 1.59 bits per heavy atom. The summed E-state index contributed by atoms with van der Waals surface area (Å²) in [4.78, 5) is 25.3. The van der Waals surface area contributed by atoms with Crippen LogP contribution < -0.4 is 10.1 Å². The van der Waals surface area contributed by atoms with Gasteiger partial charge in [-0.1, -0.05) is 84.4 Å². The number of hydrogen-bond acceptors (Lipinski definition) is 4. The van der Waals surface area contributed by atoms with E-state index in [9.17, 15) is 14.7 Å². The van der Waals surface area contributed by atoms with Crippen molar-refractivity contribution in [2.75, 3.05) is 5.32 Å². The van der Waals surface area contributed by atoms with E-state index in [0.717, 1.165) is 53.7 Å². The van der Waals surface area contributed by atoms with E-state index in [2.05, 4.69) is 5.32 Å². The first-order valence-electron chi connectivity index (χ1n) is 12.2. The first-order valence-corrected chi connectivity index (χ1v) is 13.4. The Kier molecular flexibility index (Phi) is 7.58. The molecule has 5 nitrogen and oxygen atoms in total. The van der Waals surface area contributed by atoms with E-state index in [1.165, 1.54) is 5.56 Å². The van der Waals surface area contributed by atoms with Crippen LogP contribution in [0.1, 0.15) is 45.5 Å². The Bertz CT molecular complexity index is 1430. The number of anilines is 1. The van der Waals surface area contributed by atoms with Gasteiger partial charge in [0.1, 0.15) is 27.3 Å². The molecule has 0 radical (unpaired) electrons. The van der Waals surface area contributed by atoms with Crippen LogP contribution in [0.25, 0.3) is 11.1 Å². The third-order valence-corrected chi connectivity index (χ3v) is 7.83. The first kappa shape index (κ1) is 25.1. The standard InChI is InChI=1S/C30H26ClNO4S/c31-28-25(26(30(34)35)29(37-28)32-24(33)17-19-9-3-1-4-10-19)23-16-15-21-13-7-8-14-22(21)27(23)36-18-20-11-5-2-6-12-20/h1-6,9-12,15-16H,7-8,13-14,17-18H2,(H,32,33)(H,34,35). The van der Waals surface area contributed by atoms with Crippen LogP contribution >= 0.6 is 22.9 Å². The van der Waals surface area contributed by atoms with Gasteiger partial charge in [-0.2, -0.15) is 0 Å². The summed E-state index contributed by atoms with van der Waals surface area (Å²) >= 11 is 7.75. The maximum absolute atomic E-state index is 12.8. The predicted octanol–water partition coefficient (Wildman–Crippen LogP) is 7.41. The molecule has 2 N–H and O–H groups in total. The van der Waals surface area contributed by atoms with Crippen molar-refractivity contribution in [3.8, 4) is 16.9 Å². The van der Waals surface area contributed by atoms with Crippen molar-refractivity contribution in [3.05, 3.63) is 105 Å². The number of carboxylic acids is 1. The zero-order chi connectivity index (χ0) is 25.8. The summed E-state index contributed by atoms with van der Waals surface area (Å²) in [5.41, 5.74) is 5.18. The van der Waals surface area contributed by atoms with E-state index < -0.39 is 5.97 Å². The van der Waals surface area contributed by atoms with E-state index in [-0.39, 0.29) is 22.9 Å². The SMILES string of the molecule is O=C(Cc1ccccc1)Nc1sc(Cl)c(-c2ccc3c(c2OCc2ccccc2)CCCC3)c1C(=O)O. The molecular formula is C30H26ClNO4S. The molecule has 0 unspecified atom stereocenters. The fourth-order valence-corrected chi connectivity index (χ4v) is 6.15. The summed E-state index contributed by atoms with van der Waals surface area (Å²) in [7, 11) is 0. The molecule has 1 amide bonds. The number of fused-ring (bicyclic) bond motifs is 1. The molecule has 0 fully saturated rings. The van der Waals surface area contributed by atoms with Gasteiger partial charge < -0.3 is 15.2 Å². The van der Waals surface area contributed by atoms with Gasteiger partial charge in [0.25, 0.3) is 0 Å². The summed E-state index contributed by atoms with van der Waals surface area (Å²) in [6.07, 6.45) is 4.11. The highest BCUT2D eigenvalue weighted by Crippen LogP contribution is 2.48. The summed E-state index contributed by atoms with van der Waals surface area (Å²) in [6.45, 7) is 0.356. The Labute approximate surface area is 224 Å². The highest BCUT2D eigenvalue weighted by atomic mass is 35.5. The van der Waals surface area contributed by atoms with Crippen LogP contribution in [0.3, 0.4) is 0 Å². The van der Waals surface area contributed by atoms with Crippen molar-refractivity contribution in [2.24, 2.45) is 0 Å². The Morgan fingerprint density at radius 3 is 2.30 bits per heavy atom. The second-order valence-electron chi connectivity index (χ2n) is 9.03. The number of thiophene rings is 1. The van der Waals surface area contributed by atoms with E-state index in [1.807, 2.05) is 72.8 Å². The lowest BCUT2D eigenvalue weighted by Gasteiger charge is -2.23. The average Bonchev–Trinajstić information content (AvgIpc) is 3.23. The van der Waals surface area contributed by atoms with Crippen molar-refractivity contribution in [2.45, 2.75) is 38.7 Å². The topological polar surface area (TPSA) is 75.6 Å². The minimum Gasteiger partial charge on any atom is -0.488 e. The van der Waals surface area contributed by atoms with Gasteiger partial charge in [-0.05, 0) is 47.9 Å². The first-order chi connectivity index (χ1) is 18.0. The molecule has 1 aromatic heterocycles. The summed E-state index contributed by atoms with van der Waals surface area (Å²) in [6, 6.07) is 23.1. The third-order valence-electron chi connectivity index (χ3n) is 6.52. The molecule has 0 saturated carbocycles. The molecule has 1 aliphatic carbocycles. The smallest absolute Gasteiger partial charge is 0.339 e. The number of amides is 1. The van der Waals surface area contributed by atoms with Crippen molar-refractivity contribution in [1.82, 2.24) is 0 Å². The van der Waals surface area contributed by atoms with Crippen molar-refractivity contribution >= 4 is 39.8 Å². The normalized spacial score (nSPS) is 12.6. The molecular weight excluding hydrogens is 506 g/mol. The van der Waals surface area contributed by atoms with Gasteiger partial charge in [-0.15, -0.1) is 11.3 Å². The zero-order valence-corrected chi connectivity index (χ0v) is 21.7. The van der Waals surface area contributed by atoms with E-state index >= 15 is 0 Å². The molecule has 0 aliphatic heterocycles. The number of halogens is 1. The molecule has 37 heavy (non-hydrogen) atoms. The third kappa shape index (κ3) is 5.55. The highest BCUT2D eigenvalue weighted by molar-refractivity contribution is 7.21. The van der Waals surface area contributed by atoms with Crippen LogP contribution in [0.4, 0.5) is 5.00 Å². The molecule has 0 saturated heterocycles. The number of benzene rings is 3. The van der Waals surface area contributed by atoms with E-state index in [1.54, 1.807) is 0 Å². The summed E-state index contributed by atoms with van der Waals surface area (Å²) < 4.78 is 6.70. The number of carbonyl (C=O) groups excluding carboxylic acids is 1. The van der Waals surface area contributed by atoms with Gasteiger partial charge >= 0.3 is 5.97 Å². The molecule has 0 bridgehead atoms. The lowest BCUT2D eigenvalue weighted by Crippen LogP contribution is -2.15. The molecule has 1 aliphatic rings. The zero-order valence-electron chi connectivity index (χ0n) is 20.1. The summed E-state index contributed by atoms with van der Waals surface area (Å²) in [5.74, 6) is -0.783. The second-order valence-corrected chi connectivity index (χ2v) is 10.7. The number of aromatic carboxylic acids is 1. The minimum absolute atomic E-state index is 0.0169. The highest BCUT2D eigenvalue weighted by Gasteiger charge is 2.29. The van der Waals surface area contributed by atoms with Gasteiger partial charge in [-0.3, -0.25) is 4.79 Å². The molecule has 7 heteroatoms. The minimum atomic E-state index is -1.15. The number of ether oxygens (including phenoxy) is 1. The largest absolute Gasteiger partial charge is 0.488 e. The van der Waals surface area contributed by atoms with Gasteiger partial charge in [0.2, 0.25) is 5.91 Å². The van der Waals surface area contributed by atoms with Crippen LogP contribution in [0.2, 0.25) is 4.34 Å². The van der Waals surface area contributed by atoms with Gasteiger partial charge in [0.15, 0.2) is 0 Å². The van der Waals surface area contributed by atoms with Crippen molar-refractivity contribution < 1.29 is 19.4 Å². The second kappa shape index (κ2) is 11.2. The summed E-state index contributed by atoms with van der Waals surface area (Å²) in [5, 5.41) is 13.2. The molecule has 188 valence electrons. The Morgan fingerprint density at radius 1 is 0.919 bits per heavy atom. The molecule has 0 spiro atoms. The lowest BCUT2D eigenvalue weighted by atomic mass is 9.87. The fourth-order valence-electron chi connectivity index (χ4n) is 4.77. The maximum atomic E-state index is 12.8. The number of carboxylic acid groups (broad SMARTS) is 1. The monoisotopic (exact) mass is 531 g/mol. The lowest BCUT2D eigenvalue weighted by molar-refractivity contribution is -0.115. The quantitative estimate of drug-likeness (QED) is 0.248. The van der Waals surface area contributed by atoms with E-state index in [0.29, 0.717) is 27.8 Å². The fraction of sp³-hybridized carbons (Fsp3) is 0.200.